The van der Waals surface area contributed by atoms with Gasteiger partial charge in [-0.3, -0.25) is 4.79 Å². The van der Waals surface area contributed by atoms with Crippen molar-refractivity contribution >= 4 is 5.78 Å². The van der Waals surface area contributed by atoms with Crippen LogP contribution in [0.1, 0.15) is 39.0 Å². The summed E-state index contributed by atoms with van der Waals surface area (Å²) in [5.74, 6) is 0.431. The van der Waals surface area contributed by atoms with E-state index in [9.17, 15) is 4.79 Å². The first kappa shape index (κ1) is 9.79. The lowest BCUT2D eigenvalue weighted by atomic mass is 9.58. The highest BCUT2D eigenvalue weighted by molar-refractivity contribution is 5.95. The average molecular weight is 210 g/mol. The second kappa shape index (κ2) is 3.29. The monoisotopic (exact) mass is 210 g/mol. The van der Waals surface area contributed by atoms with Crippen LogP contribution in [0.4, 0.5) is 0 Å². The predicted octanol–water partition coefficient (Wildman–Crippen LogP) is 1.69. The van der Waals surface area contributed by atoms with E-state index < -0.39 is 0 Å². The molecular weight excluding hydrogens is 192 g/mol. The Bertz CT molecular complexity index is 289. The van der Waals surface area contributed by atoms with Crippen LogP contribution in [0.3, 0.4) is 0 Å². The molecule has 3 fully saturated rings. The zero-order chi connectivity index (χ0) is 10.5. The first-order valence-electron chi connectivity index (χ1n) is 6.07. The Morgan fingerprint density at radius 1 is 1.33 bits per heavy atom. The fourth-order valence-corrected chi connectivity index (χ4v) is 3.40. The van der Waals surface area contributed by atoms with E-state index in [4.69, 9.17) is 9.47 Å². The summed E-state index contributed by atoms with van der Waals surface area (Å²) < 4.78 is 11.8. The lowest BCUT2D eigenvalue weighted by Gasteiger charge is -2.55. The molecule has 2 saturated carbocycles. The fraction of sp³-hybridized carbons (Fsp3) is 0.917. The highest BCUT2D eigenvalue weighted by Crippen LogP contribution is 2.51. The molecule has 0 aromatic heterocycles. The number of Topliss-reactive ketones (excluding diaryl/α,β-unsaturated/α-hetero) is 1. The highest BCUT2D eigenvalue weighted by atomic mass is 16.6. The molecule has 1 aliphatic heterocycles. The lowest BCUT2D eigenvalue weighted by Crippen LogP contribution is -2.70. The molecule has 4 atom stereocenters. The Labute approximate surface area is 90.1 Å². The molecule has 0 radical (unpaired) electrons. The maximum absolute atomic E-state index is 11.9. The van der Waals surface area contributed by atoms with Gasteiger partial charge in [0, 0.05) is 0 Å². The number of ketones is 1. The molecule has 3 nitrogen and oxygen atoms in total. The predicted molar refractivity (Wildman–Crippen MR) is 54.6 cm³/mol. The van der Waals surface area contributed by atoms with Crippen LogP contribution in [0.2, 0.25) is 0 Å². The third-order valence-electron chi connectivity index (χ3n) is 4.18. The van der Waals surface area contributed by atoms with Gasteiger partial charge in [0.05, 0.1) is 18.6 Å². The molecule has 3 rings (SSSR count). The minimum absolute atomic E-state index is 0.136. The van der Waals surface area contributed by atoms with Gasteiger partial charge in [0.2, 0.25) is 0 Å². The number of carbonyl (C=O) groups excluding carboxylic acids is 1. The lowest BCUT2D eigenvalue weighted by molar-refractivity contribution is -0.230. The van der Waals surface area contributed by atoms with Gasteiger partial charge in [-0.05, 0) is 26.2 Å². The average Bonchev–Trinajstić information content (AvgIpc) is 2.35. The van der Waals surface area contributed by atoms with E-state index in [1.54, 1.807) is 0 Å². The first-order valence-corrected chi connectivity index (χ1v) is 6.07. The van der Waals surface area contributed by atoms with E-state index in [0.717, 1.165) is 19.3 Å². The van der Waals surface area contributed by atoms with Crippen LogP contribution in [0.15, 0.2) is 0 Å². The Morgan fingerprint density at radius 3 is 3.07 bits per heavy atom. The summed E-state index contributed by atoms with van der Waals surface area (Å²) in [7, 11) is 0. The molecule has 3 aliphatic rings. The molecule has 1 saturated heterocycles. The Balaban J connectivity index is 1.90. The van der Waals surface area contributed by atoms with Gasteiger partial charge in [-0.2, -0.15) is 0 Å². The summed E-state index contributed by atoms with van der Waals surface area (Å²) in [5, 5.41) is 0. The SMILES string of the molecule is C[C@@H]1CCO[C@H]2C(=O)[C@@H]3CCCC[C@@]32O1. The summed E-state index contributed by atoms with van der Waals surface area (Å²) in [6.07, 6.45) is 5.28. The van der Waals surface area contributed by atoms with E-state index in [1.165, 1.54) is 12.8 Å². The molecule has 3 heteroatoms. The first-order chi connectivity index (χ1) is 7.24. The third-order valence-corrected chi connectivity index (χ3v) is 4.18. The van der Waals surface area contributed by atoms with Crippen LogP contribution in [-0.2, 0) is 14.3 Å². The van der Waals surface area contributed by atoms with E-state index >= 15 is 0 Å². The molecule has 0 bridgehead atoms. The third kappa shape index (κ3) is 1.23. The quantitative estimate of drug-likeness (QED) is 0.610. The topological polar surface area (TPSA) is 35.5 Å². The van der Waals surface area contributed by atoms with Gasteiger partial charge in [-0.25, -0.2) is 0 Å². The minimum atomic E-state index is -0.243. The van der Waals surface area contributed by atoms with Gasteiger partial charge in [0.25, 0.3) is 0 Å². The van der Waals surface area contributed by atoms with E-state index in [1.807, 2.05) is 0 Å². The highest BCUT2D eigenvalue weighted by Gasteiger charge is 2.65. The number of ether oxygens (including phenoxy) is 2. The number of rotatable bonds is 0. The molecule has 0 aromatic rings. The van der Waals surface area contributed by atoms with Crippen LogP contribution in [0.25, 0.3) is 0 Å². The van der Waals surface area contributed by atoms with Crippen LogP contribution >= 0.6 is 0 Å². The number of hydrogen-bond donors (Lipinski definition) is 0. The van der Waals surface area contributed by atoms with Gasteiger partial charge in [-0.1, -0.05) is 12.8 Å². The summed E-state index contributed by atoms with van der Waals surface area (Å²) in [6.45, 7) is 2.76. The van der Waals surface area contributed by atoms with Gasteiger partial charge < -0.3 is 9.47 Å². The van der Waals surface area contributed by atoms with Crippen molar-refractivity contribution in [2.45, 2.75) is 56.8 Å². The van der Waals surface area contributed by atoms with Crippen LogP contribution < -0.4 is 0 Å². The Kier molecular flexibility index (Phi) is 2.15. The second-order valence-electron chi connectivity index (χ2n) is 5.12. The summed E-state index contributed by atoms with van der Waals surface area (Å²) in [6, 6.07) is 0. The zero-order valence-corrected chi connectivity index (χ0v) is 9.20. The number of carbonyl (C=O) groups is 1. The summed E-state index contributed by atoms with van der Waals surface area (Å²) in [5.41, 5.74) is -0.231. The molecule has 0 N–H and O–H groups in total. The molecule has 15 heavy (non-hydrogen) atoms. The van der Waals surface area contributed by atoms with Crippen molar-refractivity contribution in [3.63, 3.8) is 0 Å². The molecule has 0 amide bonds. The van der Waals surface area contributed by atoms with Crippen LogP contribution in [0.5, 0.6) is 0 Å². The minimum Gasteiger partial charge on any atom is -0.368 e. The molecule has 84 valence electrons. The zero-order valence-electron chi connectivity index (χ0n) is 9.20. The van der Waals surface area contributed by atoms with Crippen molar-refractivity contribution in [1.82, 2.24) is 0 Å². The molecule has 1 heterocycles. The smallest absolute Gasteiger partial charge is 0.170 e. The van der Waals surface area contributed by atoms with Crippen molar-refractivity contribution in [2.24, 2.45) is 5.92 Å². The Hall–Kier alpha value is -0.410. The Morgan fingerprint density at radius 2 is 2.20 bits per heavy atom. The molecule has 1 spiro atoms. The van der Waals surface area contributed by atoms with Crippen LogP contribution in [0, 0.1) is 5.92 Å². The fourth-order valence-electron chi connectivity index (χ4n) is 3.40. The van der Waals surface area contributed by atoms with Gasteiger partial charge in [0.15, 0.2) is 5.78 Å². The largest absolute Gasteiger partial charge is 0.368 e. The van der Waals surface area contributed by atoms with Crippen molar-refractivity contribution < 1.29 is 14.3 Å². The van der Waals surface area contributed by atoms with E-state index in [0.29, 0.717) is 12.4 Å². The van der Waals surface area contributed by atoms with Crippen molar-refractivity contribution in [3.8, 4) is 0 Å². The maximum atomic E-state index is 11.9. The molecular formula is C12H18O3. The molecule has 2 aliphatic carbocycles. The van der Waals surface area contributed by atoms with Crippen molar-refractivity contribution in [1.29, 1.82) is 0 Å². The standard InChI is InChI=1S/C12H18O3/c1-8-5-7-14-11-10(13)9-4-2-3-6-12(9,11)15-8/h8-9,11H,2-7H2,1H3/t8-,9+,11+,12-/m1/s1. The van der Waals surface area contributed by atoms with Crippen LogP contribution in [-0.4, -0.2) is 30.2 Å². The number of hydrogen-bond acceptors (Lipinski definition) is 3. The molecule has 0 aromatic carbocycles. The van der Waals surface area contributed by atoms with Gasteiger partial charge >= 0.3 is 0 Å². The summed E-state index contributed by atoms with van der Waals surface area (Å²) in [4.78, 5) is 11.9. The van der Waals surface area contributed by atoms with Crippen molar-refractivity contribution in [3.05, 3.63) is 0 Å². The van der Waals surface area contributed by atoms with Gasteiger partial charge in [-0.15, -0.1) is 0 Å². The molecule has 0 unspecified atom stereocenters. The second-order valence-corrected chi connectivity index (χ2v) is 5.12. The normalized spacial score (nSPS) is 49.9. The van der Waals surface area contributed by atoms with Gasteiger partial charge in [0.1, 0.15) is 11.7 Å². The van der Waals surface area contributed by atoms with Crippen molar-refractivity contribution in [2.75, 3.05) is 6.61 Å². The van der Waals surface area contributed by atoms with E-state index in [-0.39, 0.29) is 23.7 Å². The summed E-state index contributed by atoms with van der Waals surface area (Å²) >= 11 is 0. The van der Waals surface area contributed by atoms with E-state index in [2.05, 4.69) is 6.92 Å². The maximum Gasteiger partial charge on any atom is 0.170 e.